The third kappa shape index (κ3) is 1.76. The van der Waals surface area contributed by atoms with Crippen LogP contribution >= 0.6 is 0 Å². The zero-order valence-corrected chi connectivity index (χ0v) is 8.62. The summed E-state index contributed by atoms with van der Waals surface area (Å²) in [5.74, 6) is 1.86. The van der Waals surface area contributed by atoms with E-state index in [1.807, 2.05) is 11.8 Å². The van der Waals surface area contributed by atoms with Crippen molar-refractivity contribution in [2.45, 2.75) is 38.1 Å². The van der Waals surface area contributed by atoms with Crippen LogP contribution in [0.5, 0.6) is 0 Å². The fourth-order valence-corrected chi connectivity index (χ4v) is 2.25. The van der Waals surface area contributed by atoms with E-state index in [0.717, 1.165) is 19.4 Å². The predicted molar refractivity (Wildman–Crippen MR) is 54.9 cm³/mol. The molecule has 0 radical (unpaired) electrons. The number of carboxylic acids is 1. The number of hydrogen-bond acceptors (Lipinski definition) is 2. The Morgan fingerprint density at radius 1 is 1.71 bits per heavy atom. The lowest BCUT2D eigenvalue weighted by Gasteiger charge is -2.33. The normalized spacial score (nSPS) is 27.4. The second-order valence-electron chi connectivity index (χ2n) is 3.74. The molecule has 1 heterocycles. The summed E-state index contributed by atoms with van der Waals surface area (Å²) in [6.07, 6.45) is 8.20. The number of nitrogens with zero attached hydrogens (tertiary/aromatic N) is 1. The molecule has 1 rings (SSSR count). The molecule has 0 aliphatic carbocycles. The summed E-state index contributed by atoms with van der Waals surface area (Å²) in [6, 6.07) is 0. The van der Waals surface area contributed by atoms with Crippen LogP contribution < -0.4 is 0 Å². The molecular formula is C11H17NO2. The molecule has 0 spiro atoms. The third-order valence-electron chi connectivity index (χ3n) is 3.13. The van der Waals surface area contributed by atoms with E-state index < -0.39 is 11.5 Å². The van der Waals surface area contributed by atoms with E-state index in [1.165, 1.54) is 0 Å². The summed E-state index contributed by atoms with van der Waals surface area (Å²) in [7, 11) is 0. The number of rotatable bonds is 4. The van der Waals surface area contributed by atoms with Crippen LogP contribution in [0.15, 0.2) is 0 Å². The van der Waals surface area contributed by atoms with Crippen molar-refractivity contribution in [3.63, 3.8) is 0 Å². The van der Waals surface area contributed by atoms with E-state index in [4.69, 9.17) is 6.42 Å². The molecule has 0 aromatic heterocycles. The summed E-state index contributed by atoms with van der Waals surface area (Å²) in [6.45, 7) is 3.50. The van der Waals surface area contributed by atoms with Gasteiger partial charge >= 0.3 is 5.97 Å². The highest BCUT2D eigenvalue weighted by Crippen LogP contribution is 2.32. The molecule has 78 valence electrons. The molecule has 0 saturated carbocycles. The van der Waals surface area contributed by atoms with E-state index >= 15 is 0 Å². The standard InChI is InChI=1S/C11H17NO2/c1-3-5-8-12-9-6-7-11(12,4-2)10(13)14/h1H,4-9H2,2H3,(H,13,14). The van der Waals surface area contributed by atoms with Crippen LogP contribution in [0.2, 0.25) is 0 Å². The highest BCUT2D eigenvalue weighted by molar-refractivity contribution is 5.79. The smallest absolute Gasteiger partial charge is 0.324 e. The molecule has 0 bridgehead atoms. The monoisotopic (exact) mass is 195 g/mol. The Balaban J connectivity index is 2.73. The summed E-state index contributed by atoms with van der Waals surface area (Å²) >= 11 is 0. The fourth-order valence-electron chi connectivity index (χ4n) is 2.25. The first kappa shape index (κ1) is 11.1. The van der Waals surface area contributed by atoms with Crippen molar-refractivity contribution in [2.75, 3.05) is 13.1 Å². The van der Waals surface area contributed by atoms with Gasteiger partial charge in [0, 0.05) is 13.0 Å². The Labute approximate surface area is 85.1 Å². The number of likely N-dealkylation sites (tertiary alicyclic amines) is 1. The first-order chi connectivity index (χ1) is 6.67. The fraction of sp³-hybridized carbons (Fsp3) is 0.727. The minimum absolute atomic E-state index is 0.634. The van der Waals surface area contributed by atoms with Gasteiger partial charge in [-0.3, -0.25) is 9.69 Å². The predicted octanol–water partition coefficient (Wildman–Crippen LogP) is 1.34. The molecule has 0 aromatic rings. The topological polar surface area (TPSA) is 40.5 Å². The molecule has 3 nitrogen and oxygen atoms in total. The molecule has 1 aliphatic rings. The van der Waals surface area contributed by atoms with Crippen molar-refractivity contribution in [1.29, 1.82) is 0 Å². The maximum Gasteiger partial charge on any atom is 0.324 e. The van der Waals surface area contributed by atoms with Crippen LogP contribution in [0.25, 0.3) is 0 Å². The van der Waals surface area contributed by atoms with Gasteiger partial charge in [0.05, 0.1) is 0 Å². The van der Waals surface area contributed by atoms with E-state index in [2.05, 4.69) is 5.92 Å². The van der Waals surface area contributed by atoms with Crippen LogP contribution in [-0.2, 0) is 4.79 Å². The summed E-state index contributed by atoms with van der Waals surface area (Å²) in [5.41, 5.74) is -0.642. The number of hydrogen-bond donors (Lipinski definition) is 1. The summed E-state index contributed by atoms with van der Waals surface area (Å²) < 4.78 is 0. The lowest BCUT2D eigenvalue weighted by Crippen LogP contribution is -2.50. The van der Waals surface area contributed by atoms with Crippen molar-refractivity contribution < 1.29 is 9.90 Å². The van der Waals surface area contributed by atoms with Crippen LogP contribution in [0, 0.1) is 12.3 Å². The first-order valence-electron chi connectivity index (χ1n) is 5.09. The van der Waals surface area contributed by atoms with Crippen molar-refractivity contribution in [3.8, 4) is 12.3 Å². The van der Waals surface area contributed by atoms with Crippen LogP contribution in [0.1, 0.15) is 32.6 Å². The number of carboxylic acid groups (broad SMARTS) is 1. The second kappa shape index (κ2) is 4.47. The van der Waals surface area contributed by atoms with Crippen molar-refractivity contribution in [3.05, 3.63) is 0 Å². The second-order valence-corrected chi connectivity index (χ2v) is 3.74. The van der Waals surface area contributed by atoms with E-state index in [1.54, 1.807) is 0 Å². The Bertz CT molecular complexity index is 257. The van der Waals surface area contributed by atoms with Gasteiger partial charge in [-0.25, -0.2) is 0 Å². The van der Waals surface area contributed by atoms with Crippen LogP contribution in [0.4, 0.5) is 0 Å². The van der Waals surface area contributed by atoms with Gasteiger partial charge < -0.3 is 5.11 Å². The summed E-state index contributed by atoms with van der Waals surface area (Å²) in [5, 5.41) is 9.24. The van der Waals surface area contributed by atoms with Crippen molar-refractivity contribution in [1.82, 2.24) is 4.90 Å². The Kier molecular flexibility index (Phi) is 3.54. The van der Waals surface area contributed by atoms with E-state index in [9.17, 15) is 9.90 Å². The Morgan fingerprint density at radius 3 is 2.93 bits per heavy atom. The minimum Gasteiger partial charge on any atom is -0.480 e. The van der Waals surface area contributed by atoms with Gasteiger partial charge in [-0.05, 0) is 25.8 Å². The molecular weight excluding hydrogens is 178 g/mol. The molecule has 1 fully saturated rings. The van der Waals surface area contributed by atoms with E-state index in [0.29, 0.717) is 19.4 Å². The number of terminal acetylenes is 1. The largest absolute Gasteiger partial charge is 0.480 e. The molecule has 3 heteroatoms. The zero-order chi connectivity index (χ0) is 10.6. The average Bonchev–Trinajstić information content (AvgIpc) is 2.58. The van der Waals surface area contributed by atoms with E-state index in [-0.39, 0.29) is 0 Å². The minimum atomic E-state index is -0.700. The third-order valence-corrected chi connectivity index (χ3v) is 3.13. The molecule has 1 aliphatic heterocycles. The van der Waals surface area contributed by atoms with Gasteiger partial charge in [-0.1, -0.05) is 6.92 Å². The quantitative estimate of drug-likeness (QED) is 0.688. The molecule has 0 amide bonds. The average molecular weight is 195 g/mol. The number of aliphatic carboxylic acids is 1. The Morgan fingerprint density at radius 2 is 2.43 bits per heavy atom. The van der Waals surface area contributed by atoms with Gasteiger partial charge in [0.25, 0.3) is 0 Å². The Hall–Kier alpha value is -1.01. The SMILES string of the molecule is C#CCCN1CCCC1(CC)C(=O)O. The molecule has 1 unspecified atom stereocenters. The van der Waals surface area contributed by atoms with Crippen molar-refractivity contribution in [2.24, 2.45) is 0 Å². The van der Waals surface area contributed by atoms with Gasteiger partial charge in [0.1, 0.15) is 5.54 Å². The summed E-state index contributed by atoms with van der Waals surface area (Å²) in [4.78, 5) is 13.3. The molecule has 0 aromatic carbocycles. The zero-order valence-electron chi connectivity index (χ0n) is 8.62. The van der Waals surface area contributed by atoms with Gasteiger partial charge in [0.2, 0.25) is 0 Å². The van der Waals surface area contributed by atoms with Gasteiger partial charge in [-0.2, -0.15) is 0 Å². The van der Waals surface area contributed by atoms with Gasteiger partial charge in [-0.15, -0.1) is 12.3 Å². The molecule has 1 N–H and O–H groups in total. The van der Waals surface area contributed by atoms with Gasteiger partial charge in [0.15, 0.2) is 0 Å². The van der Waals surface area contributed by atoms with Crippen molar-refractivity contribution >= 4 is 5.97 Å². The molecule has 1 saturated heterocycles. The first-order valence-corrected chi connectivity index (χ1v) is 5.09. The maximum absolute atomic E-state index is 11.2. The van der Waals surface area contributed by atoms with Crippen LogP contribution in [-0.4, -0.2) is 34.6 Å². The molecule has 1 atom stereocenters. The lowest BCUT2D eigenvalue weighted by molar-refractivity contribution is -0.150. The number of carbonyl (C=O) groups is 1. The van der Waals surface area contributed by atoms with Crippen LogP contribution in [0.3, 0.4) is 0 Å². The maximum atomic E-state index is 11.2. The highest BCUT2D eigenvalue weighted by atomic mass is 16.4. The lowest BCUT2D eigenvalue weighted by atomic mass is 9.93. The molecule has 14 heavy (non-hydrogen) atoms. The highest BCUT2D eigenvalue weighted by Gasteiger charge is 2.45.